The third kappa shape index (κ3) is 3.50. The first kappa shape index (κ1) is 17.4. The number of hydrogen-bond acceptors (Lipinski definition) is 2. The van der Waals surface area contributed by atoms with Crippen LogP contribution in [0.25, 0.3) is 16.9 Å². The Morgan fingerprint density at radius 3 is 2.52 bits per heavy atom. The van der Waals surface area contributed by atoms with E-state index in [0.29, 0.717) is 16.9 Å². The quantitative estimate of drug-likeness (QED) is 0.726. The minimum Gasteiger partial charge on any atom is -0.354 e. The molecular formula is C17H11Cl2F2N3O. The van der Waals surface area contributed by atoms with Crippen LogP contribution < -0.4 is 5.32 Å². The lowest BCUT2D eigenvalue weighted by molar-refractivity contribution is 0.0957. The predicted octanol–water partition coefficient (Wildman–Crippen LogP) is 4.48. The Hall–Kier alpha value is -2.44. The second kappa shape index (κ2) is 6.82. The van der Waals surface area contributed by atoms with Gasteiger partial charge in [-0.25, -0.2) is 13.5 Å². The highest BCUT2D eigenvalue weighted by Gasteiger charge is 2.17. The van der Waals surface area contributed by atoms with Gasteiger partial charge in [0.2, 0.25) is 0 Å². The molecule has 1 N–H and O–H groups in total. The Kier molecular flexibility index (Phi) is 4.74. The molecule has 2 aromatic carbocycles. The van der Waals surface area contributed by atoms with Crippen LogP contribution in [0.1, 0.15) is 10.5 Å². The molecule has 0 saturated carbocycles. The fraction of sp³-hybridized carbons (Fsp3) is 0.0588. The molecule has 25 heavy (non-hydrogen) atoms. The van der Waals surface area contributed by atoms with Gasteiger partial charge in [0.1, 0.15) is 11.6 Å². The van der Waals surface area contributed by atoms with Crippen LogP contribution in [0.2, 0.25) is 10.0 Å². The van der Waals surface area contributed by atoms with Crippen LogP contribution in [0.4, 0.5) is 8.78 Å². The van der Waals surface area contributed by atoms with Gasteiger partial charge in [-0.1, -0.05) is 23.2 Å². The van der Waals surface area contributed by atoms with Gasteiger partial charge in [-0.05, 0) is 42.5 Å². The van der Waals surface area contributed by atoms with Gasteiger partial charge in [0.15, 0.2) is 5.69 Å². The molecular weight excluding hydrogens is 371 g/mol. The minimum absolute atomic E-state index is 0.0993. The van der Waals surface area contributed by atoms with Crippen LogP contribution in [0.15, 0.2) is 42.5 Å². The highest BCUT2D eigenvalue weighted by Crippen LogP contribution is 2.29. The van der Waals surface area contributed by atoms with Crippen molar-refractivity contribution in [3.63, 3.8) is 0 Å². The zero-order chi connectivity index (χ0) is 18.1. The lowest BCUT2D eigenvalue weighted by Gasteiger charge is -2.09. The lowest BCUT2D eigenvalue weighted by atomic mass is 10.1. The summed E-state index contributed by atoms with van der Waals surface area (Å²) in [7, 11) is 1.47. The minimum atomic E-state index is -0.584. The molecule has 0 spiro atoms. The van der Waals surface area contributed by atoms with Gasteiger partial charge in [-0.2, -0.15) is 5.10 Å². The molecule has 0 saturated heterocycles. The first-order valence-corrected chi connectivity index (χ1v) is 7.88. The summed E-state index contributed by atoms with van der Waals surface area (Å²) in [6.07, 6.45) is 0. The molecule has 0 bridgehead atoms. The summed E-state index contributed by atoms with van der Waals surface area (Å²) in [5.74, 6) is -1.54. The molecule has 1 heterocycles. The molecule has 3 rings (SSSR count). The van der Waals surface area contributed by atoms with Crippen LogP contribution in [-0.4, -0.2) is 22.7 Å². The maximum Gasteiger partial charge on any atom is 0.271 e. The Labute approximate surface area is 152 Å². The topological polar surface area (TPSA) is 46.9 Å². The Morgan fingerprint density at radius 1 is 1.12 bits per heavy atom. The zero-order valence-corrected chi connectivity index (χ0v) is 14.4. The van der Waals surface area contributed by atoms with Gasteiger partial charge < -0.3 is 5.32 Å². The van der Waals surface area contributed by atoms with E-state index in [1.165, 1.54) is 54.2 Å². The zero-order valence-electron chi connectivity index (χ0n) is 12.9. The van der Waals surface area contributed by atoms with Gasteiger partial charge >= 0.3 is 0 Å². The van der Waals surface area contributed by atoms with Crippen molar-refractivity contribution < 1.29 is 13.6 Å². The smallest absolute Gasteiger partial charge is 0.271 e. The lowest BCUT2D eigenvalue weighted by Crippen LogP contribution is -2.18. The van der Waals surface area contributed by atoms with E-state index in [9.17, 15) is 13.6 Å². The number of amides is 1. The number of hydrogen-bond donors (Lipinski definition) is 1. The van der Waals surface area contributed by atoms with Crippen molar-refractivity contribution >= 4 is 29.1 Å². The summed E-state index contributed by atoms with van der Waals surface area (Å²) in [5, 5.41) is 6.78. The number of aromatic nitrogens is 2. The highest BCUT2D eigenvalue weighted by atomic mass is 35.5. The van der Waals surface area contributed by atoms with Crippen LogP contribution in [-0.2, 0) is 0 Å². The Balaban J connectivity index is 2.23. The van der Waals surface area contributed by atoms with Crippen molar-refractivity contribution in [2.45, 2.75) is 0 Å². The van der Waals surface area contributed by atoms with Crippen LogP contribution >= 0.6 is 23.2 Å². The number of carbonyl (C=O) groups is 1. The number of rotatable bonds is 3. The molecule has 0 fully saturated rings. The largest absolute Gasteiger partial charge is 0.354 e. The first-order chi connectivity index (χ1) is 11.9. The molecule has 1 amide bonds. The number of nitrogens with one attached hydrogen (secondary N) is 1. The summed E-state index contributed by atoms with van der Waals surface area (Å²) < 4.78 is 28.5. The van der Waals surface area contributed by atoms with E-state index in [1.54, 1.807) is 0 Å². The van der Waals surface area contributed by atoms with Crippen molar-refractivity contribution in [3.8, 4) is 16.9 Å². The van der Waals surface area contributed by atoms with Crippen LogP contribution in [0.5, 0.6) is 0 Å². The molecule has 0 aliphatic carbocycles. The number of halogens is 4. The maximum absolute atomic E-state index is 13.7. The SMILES string of the molecule is CNC(=O)c1cc(-c2cc(F)cc(Cl)c2)n(-c2ccc(F)c(Cl)c2)n1. The first-order valence-electron chi connectivity index (χ1n) is 7.13. The third-order valence-electron chi connectivity index (χ3n) is 3.48. The number of nitrogens with zero attached hydrogens (tertiary/aromatic N) is 2. The number of carbonyl (C=O) groups excluding carboxylic acids is 1. The van der Waals surface area contributed by atoms with E-state index in [-0.39, 0.29) is 15.7 Å². The third-order valence-corrected chi connectivity index (χ3v) is 3.98. The Bertz CT molecular complexity index is 952. The van der Waals surface area contributed by atoms with E-state index in [2.05, 4.69) is 10.4 Å². The molecule has 4 nitrogen and oxygen atoms in total. The van der Waals surface area contributed by atoms with Gasteiger partial charge in [-0.3, -0.25) is 4.79 Å². The average Bonchev–Trinajstić information content (AvgIpc) is 3.01. The maximum atomic E-state index is 13.7. The van der Waals surface area contributed by atoms with E-state index in [0.717, 1.165) is 0 Å². The van der Waals surface area contributed by atoms with E-state index >= 15 is 0 Å². The normalized spacial score (nSPS) is 10.8. The fourth-order valence-corrected chi connectivity index (χ4v) is 2.74. The predicted molar refractivity (Wildman–Crippen MR) is 92.3 cm³/mol. The van der Waals surface area contributed by atoms with Crippen LogP contribution in [0.3, 0.4) is 0 Å². The van der Waals surface area contributed by atoms with Crippen LogP contribution in [0, 0.1) is 11.6 Å². The fourth-order valence-electron chi connectivity index (χ4n) is 2.34. The summed E-state index contributed by atoms with van der Waals surface area (Å²) in [4.78, 5) is 11.9. The van der Waals surface area contributed by atoms with Crippen molar-refractivity contribution in [1.82, 2.24) is 15.1 Å². The number of benzene rings is 2. The molecule has 3 aromatic rings. The van der Waals surface area contributed by atoms with E-state index in [4.69, 9.17) is 23.2 Å². The second-order valence-corrected chi connectivity index (χ2v) is 6.01. The highest BCUT2D eigenvalue weighted by molar-refractivity contribution is 6.31. The van der Waals surface area contributed by atoms with Gasteiger partial charge in [0.05, 0.1) is 16.4 Å². The van der Waals surface area contributed by atoms with E-state index < -0.39 is 17.5 Å². The standard InChI is InChI=1S/C17H11Cl2F2N3O/c1-22-17(25)15-8-16(9-4-10(18)6-11(20)5-9)24(23-15)12-2-3-14(21)13(19)7-12/h2-8H,1H3,(H,22,25). The molecule has 0 unspecified atom stereocenters. The van der Waals surface area contributed by atoms with Gasteiger partial charge in [0.25, 0.3) is 5.91 Å². The molecule has 0 atom stereocenters. The Morgan fingerprint density at radius 2 is 1.88 bits per heavy atom. The van der Waals surface area contributed by atoms with E-state index in [1.807, 2.05) is 0 Å². The van der Waals surface area contributed by atoms with Crippen molar-refractivity contribution in [3.05, 3.63) is 69.8 Å². The van der Waals surface area contributed by atoms with Crippen molar-refractivity contribution in [1.29, 1.82) is 0 Å². The summed E-state index contributed by atoms with van der Waals surface area (Å²) in [5.41, 5.74) is 1.34. The van der Waals surface area contributed by atoms with Crippen molar-refractivity contribution in [2.24, 2.45) is 0 Å². The molecule has 0 aliphatic rings. The average molecular weight is 382 g/mol. The summed E-state index contributed by atoms with van der Waals surface area (Å²) in [6.45, 7) is 0. The van der Waals surface area contributed by atoms with Gasteiger partial charge in [0, 0.05) is 17.6 Å². The second-order valence-electron chi connectivity index (χ2n) is 5.16. The van der Waals surface area contributed by atoms with Gasteiger partial charge in [-0.15, -0.1) is 0 Å². The summed E-state index contributed by atoms with van der Waals surface area (Å²) >= 11 is 11.8. The molecule has 8 heteroatoms. The summed E-state index contributed by atoms with van der Waals surface area (Å²) in [6, 6.07) is 9.45. The molecule has 128 valence electrons. The van der Waals surface area contributed by atoms with Crippen molar-refractivity contribution in [2.75, 3.05) is 7.05 Å². The molecule has 0 radical (unpaired) electrons. The molecule has 1 aromatic heterocycles. The molecule has 0 aliphatic heterocycles. The monoisotopic (exact) mass is 381 g/mol.